The Kier molecular flexibility index (Phi) is 3.25. The summed E-state index contributed by atoms with van der Waals surface area (Å²) in [7, 11) is -2.83. The van der Waals surface area contributed by atoms with E-state index in [9.17, 15) is 8.42 Å². The molecule has 5 heteroatoms. The normalized spacial score (nSPS) is 18.3. The molecule has 2 heterocycles. The summed E-state index contributed by atoms with van der Waals surface area (Å²) in [5.41, 5.74) is 1.25. The third-order valence-corrected chi connectivity index (χ3v) is 4.50. The highest BCUT2D eigenvalue weighted by molar-refractivity contribution is 7.91. The molecule has 1 fully saturated rings. The van der Waals surface area contributed by atoms with E-state index in [4.69, 9.17) is 0 Å². The van der Waals surface area contributed by atoms with E-state index in [1.54, 1.807) is 12.4 Å². The van der Waals surface area contributed by atoms with Crippen LogP contribution in [0, 0.1) is 0 Å². The fourth-order valence-corrected chi connectivity index (χ4v) is 2.78. The molecule has 1 aromatic heterocycles. The first-order valence-electron chi connectivity index (χ1n) is 5.36. The van der Waals surface area contributed by atoms with Gasteiger partial charge >= 0.3 is 0 Å². The molecule has 0 amide bonds. The van der Waals surface area contributed by atoms with Gasteiger partial charge in [0.25, 0.3) is 0 Å². The third-order valence-electron chi connectivity index (χ3n) is 3.00. The van der Waals surface area contributed by atoms with Crippen molar-refractivity contribution >= 4 is 9.84 Å². The highest BCUT2D eigenvalue weighted by atomic mass is 32.2. The predicted octanol–water partition coefficient (Wildman–Crippen LogP) is 0.353. The molecule has 0 spiro atoms. The minimum Gasteiger partial charge on any atom is -0.300 e. The van der Waals surface area contributed by atoms with Crippen LogP contribution in [0.25, 0.3) is 0 Å². The van der Waals surface area contributed by atoms with Gasteiger partial charge in [-0.2, -0.15) is 0 Å². The molecule has 0 saturated carbocycles. The van der Waals surface area contributed by atoms with Crippen molar-refractivity contribution in [2.45, 2.75) is 11.7 Å². The maximum Gasteiger partial charge on any atom is 0.152 e. The standard InChI is InChI=1S/C11H16N2O2S/c1-16(14,15)11-8-13(9-11)7-4-10-2-5-12-6-3-10/h2-3,5-6,11H,4,7-9H2,1H3. The highest BCUT2D eigenvalue weighted by Gasteiger charge is 2.33. The van der Waals surface area contributed by atoms with E-state index in [1.165, 1.54) is 11.8 Å². The van der Waals surface area contributed by atoms with Gasteiger partial charge in [0.2, 0.25) is 0 Å². The molecule has 2 rings (SSSR count). The number of pyridine rings is 1. The van der Waals surface area contributed by atoms with Gasteiger partial charge in [-0.1, -0.05) is 0 Å². The van der Waals surface area contributed by atoms with Gasteiger partial charge in [0.05, 0.1) is 5.25 Å². The molecule has 1 aromatic rings. The van der Waals surface area contributed by atoms with Crippen LogP contribution >= 0.6 is 0 Å². The second-order valence-electron chi connectivity index (χ2n) is 4.32. The summed E-state index contributed by atoms with van der Waals surface area (Å²) in [4.78, 5) is 6.13. The first-order chi connectivity index (χ1) is 7.55. The second kappa shape index (κ2) is 4.51. The van der Waals surface area contributed by atoms with Crippen molar-refractivity contribution in [3.8, 4) is 0 Å². The van der Waals surface area contributed by atoms with Gasteiger partial charge in [-0.3, -0.25) is 4.98 Å². The number of sulfone groups is 1. The Balaban J connectivity index is 1.75. The van der Waals surface area contributed by atoms with Crippen molar-refractivity contribution in [3.05, 3.63) is 30.1 Å². The zero-order valence-electron chi connectivity index (χ0n) is 9.33. The first kappa shape index (κ1) is 11.5. The van der Waals surface area contributed by atoms with Crippen LogP contribution in [0.15, 0.2) is 24.5 Å². The lowest BCUT2D eigenvalue weighted by molar-refractivity contribution is 0.187. The number of likely N-dealkylation sites (tertiary alicyclic amines) is 1. The molecule has 4 nitrogen and oxygen atoms in total. The van der Waals surface area contributed by atoms with Gasteiger partial charge in [-0.25, -0.2) is 8.42 Å². The van der Waals surface area contributed by atoms with Crippen LogP contribution < -0.4 is 0 Å². The Morgan fingerprint density at radius 2 is 2.00 bits per heavy atom. The van der Waals surface area contributed by atoms with Crippen molar-refractivity contribution in [1.82, 2.24) is 9.88 Å². The average Bonchev–Trinajstić information content (AvgIpc) is 2.15. The second-order valence-corrected chi connectivity index (χ2v) is 6.64. The largest absolute Gasteiger partial charge is 0.300 e. The Labute approximate surface area is 96.2 Å². The number of hydrogen-bond donors (Lipinski definition) is 0. The third kappa shape index (κ3) is 2.80. The predicted molar refractivity (Wildman–Crippen MR) is 63.0 cm³/mol. The summed E-state index contributed by atoms with van der Waals surface area (Å²) >= 11 is 0. The number of aromatic nitrogens is 1. The monoisotopic (exact) mass is 240 g/mol. The first-order valence-corrected chi connectivity index (χ1v) is 7.31. The molecule has 1 aliphatic rings. The Morgan fingerprint density at radius 3 is 2.56 bits per heavy atom. The quantitative estimate of drug-likeness (QED) is 0.762. The number of rotatable bonds is 4. The summed E-state index contributed by atoms with van der Waals surface area (Å²) in [6.07, 6.45) is 5.84. The maximum absolute atomic E-state index is 11.2. The molecule has 16 heavy (non-hydrogen) atoms. The van der Waals surface area contributed by atoms with Crippen LogP contribution in [-0.2, 0) is 16.3 Å². The van der Waals surface area contributed by atoms with Crippen molar-refractivity contribution < 1.29 is 8.42 Å². The van der Waals surface area contributed by atoms with Crippen molar-refractivity contribution in [1.29, 1.82) is 0 Å². The van der Waals surface area contributed by atoms with Gasteiger partial charge in [0.1, 0.15) is 0 Å². The van der Waals surface area contributed by atoms with E-state index in [1.807, 2.05) is 12.1 Å². The molecule has 0 unspecified atom stereocenters. The van der Waals surface area contributed by atoms with E-state index in [2.05, 4.69) is 9.88 Å². The van der Waals surface area contributed by atoms with Crippen LogP contribution in [-0.4, -0.2) is 49.4 Å². The lowest BCUT2D eigenvalue weighted by Crippen LogP contribution is -2.54. The van der Waals surface area contributed by atoms with Gasteiger partial charge in [0, 0.05) is 38.3 Å². The van der Waals surface area contributed by atoms with Crippen LogP contribution in [0.1, 0.15) is 5.56 Å². The Bertz CT molecular complexity index is 438. The molecule has 0 bridgehead atoms. The Hall–Kier alpha value is -0.940. The molecule has 1 saturated heterocycles. The molecule has 88 valence electrons. The van der Waals surface area contributed by atoms with Crippen LogP contribution in [0.5, 0.6) is 0 Å². The van der Waals surface area contributed by atoms with Crippen LogP contribution in [0.3, 0.4) is 0 Å². The molecule has 0 radical (unpaired) electrons. The average molecular weight is 240 g/mol. The van der Waals surface area contributed by atoms with Crippen LogP contribution in [0.2, 0.25) is 0 Å². The van der Waals surface area contributed by atoms with Crippen LogP contribution in [0.4, 0.5) is 0 Å². The van der Waals surface area contributed by atoms with E-state index < -0.39 is 9.84 Å². The zero-order valence-corrected chi connectivity index (χ0v) is 10.2. The van der Waals surface area contributed by atoms with Crippen molar-refractivity contribution in [2.75, 3.05) is 25.9 Å². The fourth-order valence-electron chi connectivity index (χ4n) is 1.81. The summed E-state index contributed by atoms with van der Waals surface area (Å²) in [6, 6.07) is 3.99. The number of hydrogen-bond acceptors (Lipinski definition) is 4. The van der Waals surface area contributed by atoms with Crippen molar-refractivity contribution in [3.63, 3.8) is 0 Å². The van der Waals surface area contributed by atoms with E-state index in [-0.39, 0.29) is 5.25 Å². The molecule has 1 aliphatic heterocycles. The van der Waals surface area contributed by atoms with E-state index >= 15 is 0 Å². The van der Waals surface area contributed by atoms with Crippen molar-refractivity contribution in [2.24, 2.45) is 0 Å². The fraction of sp³-hybridized carbons (Fsp3) is 0.545. The molecule has 0 aromatic carbocycles. The lowest BCUT2D eigenvalue weighted by atomic mass is 10.1. The van der Waals surface area contributed by atoms with Gasteiger partial charge < -0.3 is 4.90 Å². The summed E-state index contributed by atoms with van der Waals surface area (Å²) in [5, 5.41) is -0.148. The smallest absolute Gasteiger partial charge is 0.152 e. The van der Waals surface area contributed by atoms with Gasteiger partial charge in [-0.05, 0) is 24.1 Å². The summed E-state index contributed by atoms with van der Waals surface area (Å²) in [5.74, 6) is 0. The SMILES string of the molecule is CS(=O)(=O)C1CN(CCc2ccncc2)C1. The molecular weight excluding hydrogens is 224 g/mol. The minimum absolute atomic E-state index is 0.148. The molecule has 0 N–H and O–H groups in total. The maximum atomic E-state index is 11.2. The van der Waals surface area contributed by atoms with E-state index in [0.717, 1.165) is 13.0 Å². The molecule has 0 atom stereocenters. The summed E-state index contributed by atoms with van der Waals surface area (Å²) in [6.45, 7) is 2.30. The van der Waals surface area contributed by atoms with E-state index in [0.29, 0.717) is 13.1 Å². The minimum atomic E-state index is -2.83. The molecule has 0 aliphatic carbocycles. The lowest BCUT2D eigenvalue weighted by Gasteiger charge is -2.37. The van der Waals surface area contributed by atoms with Gasteiger partial charge in [0.15, 0.2) is 9.84 Å². The zero-order chi connectivity index (χ0) is 11.6. The number of nitrogens with zero attached hydrogens (tertiary/aromatic N) is 2. The highest BCUT2D eigenvalue weighted by Crippen LogP contribution is 2.15. The topological polar surface area (TPSA) is 50.3 Å². The van der Waals surface area contributed by atoms with Gasteiger partial charge in [-0.15, -0.1) is 0 Å². The molecular formula is C11H16N2O2S. The summed E-state index contributed by atoms with van der Waals surface area (Å²) < 4.78 is 22.4. The Morgan fingerprint density at radius 1 is 1.38 bits per heavy atom.